The van der Waals surface area contributed by atoms with E-state index in [9.17, 15) is 0 Å². The molecule has 1 aliphatic heterocycles. The Morgan fingerprint density at radius 2 is 1.53 bits per heavy atom. The van der Waals surface area contributed by atoms with E-state index < -0.39 is 0 Å². The molecule has 0 N–H and O–H groups in total. The third kappa shape index (κ3) is 2.17. The van der Waals surface area contributed by atoms with Crippen LogP contribution in [0.3, 0.4) is 0 Å². The Bertz CT molecular complexity index is 585. The summed E-state index contributed by atoms with van der Waals surface area (Å²) < 4.78 is 4.58. The molecule has 0 radical (unpaired) electrons. The van der Waals surface area contributed by atoms with E-state index in [2.05, 4.69) is 46.9 Å². The van der Waals surface area contributed by atoms with Gasteiger partial charge in [0.1, 0.15) is 0 Å². The van der Waals surface area contributed by atoms with Crippen LogP contribution in [0.1, 0.15) is 11.1 Å². The Kier molecular flexibility index (Phi) is 2.80. The highest BCUT2D eigenvalue weighted by atomic mass is 32.2. The molecular formula is C15H11NS. The van der Waals surface area contributed by atoms with Crippen molar-refractivity contribution in [2.75, 3.05) is 0 Å². The van der Waals surface area contributed by atoms with Crippen molar-refractivity contribution in [1.82, 2.24) is 0 Å². The molecule has 1 nitrogen and oxygen atoms in total. The standard InChI is InChI=1S/C15H11NS/c1-2-6-12(7-3-1)14-11-10-13-8-4-5-9-15(13)17-16-14/h1-11H. The summed E-state index contributed by atoms with van der Waals surface area (Å²) in [5, 5.41) is 0. The molecule has 0 spiro atoms. The molecule has 17 heavy (non-hydrogen) atoms. The normalized spacial score (nSPS) is 13.8. The second-order valence-electron chi connectivity index (χ2n) is 3.80. The van der Waals surface area contributed by atoms with Crippen LogP contribution < -0.4 is 0 Å². The van der Waals surface area contributed by atoms with E-state index in [0.29, 0.717) is 0 Å². The van der Waals surface area contributed by atoms with Crippen LogP contribution in [-0.4, -0.2) is 5.71 Å². The van der Waals surface area contributed by atoms with E-state index in [4.69, 9.17) is 0 Å². The van der Waals surface area contributed by atoms with Crippen molar-refractivity contribution in [3.63, 3.8) is 0 Å². The molecule has 1 aliphatic rings. The van der Waals surface area contributed by atoms with E-state index in [-0.39, 0.29) is 0 Å². The van der Waals surface area contributed by atoms with Crippen LogP contribution in [0, 0.1) is 0 Å². The molecular weight excluding hydrogens is 226 g/mol. The lowest BCUT2D eigenvalue weighted by Crippen LogP contribution is -1.93. The van der Waals surface area contributed by atoms with Crippen molar-refractivity contribution in [3.8, 4) is 0 Å². The van der Waals surface area contributed by atoms with Gasteiger partial charge < -0.3 is 0 Å². The first-order chi connectivity index (χ1) is 8.43. The highest BCUT2D eigenvalue weighted by molar-refractivity contribution is 7.98. The van der Waals surface area contributed by atoms with Gasteiger partial charge in [-0.05, 0) is 17.7 Å². The van der Waals surface area contributed by atoms with Crippen LogP contribution in [0.4, 0.5) is 0 Å². The molecule has 2 aromatic rings. The Labute approximate surface area is 105 Å². The summed E-state index contributed by atoms with van der Waals surface area (Å²) in [6, 6.07) is 18.6. The zero-order chi connectivity index (χ0) is 11.5. The lowest BCUT2D eigenvalue weighted by molar-refractivity contribution is 1.43. The highest BCUT2D eigenvalue weighted by Gasteiger charge is 2.06. The first-order valence-corrected chi connectivity index (χ1v) is 6.28. The third-order valence-electron chi connectivity index (χ3n) is 2.65. The van der Waals surface area contributed by atoms with Crippen molar-refractivity contribution in [3.05, 3.63) is 71.8 Å². The third-order valence-corrected chi connectivity index (χ3v) is 3.51. The van der Waals surface area contributed by atoms with E-state index in [1.807, 2.05) is 24.3 Å². The summed E-state index contributed by atoms with van der Waals surface area (Å²) in [5.74, 6) is 0. The molecule has 0 bridgehead atoms. The molecule has 0 saturated heterocycles. The lowest BCUT2D eigenvalue weighted by Gasteiger charge is -1.99. The molecule has 3 rings (SSSR count). The van der Waals surface area contributed by atoms with Crippen LogP contribution in [0.25, 0.3) is 6.08 Å². The predicted molar refractivity (Wildman–Crippen MR) is 74.3 cm³/mol. The number of allylic oxidation sites excluding steroid dienone is 1. The van der Waals surface area contributed by atoms with Crippen LogP contribution >= 0.6 is 11.9 Å². The van der Waals surface area contributed by atoms with Gasteiger partial charge in [0.05, 0.1) is 5.71 Å². The maximum Gasteiger partial charge on any atom is 0.0789 e. The fourth-order valence-electron chi connectivity index (χ4n) is 1.76. The molecule has 82 valence electrons. The van der Waals surface area contributed by atoms with Gasteiger partial charge in [-0.15, -0.1) is 0 Å². The minimum absolute atomic E-state index is 1.02. The molecule has 0 fully saturated rings. The smallest absolute Gasteiger partial charge is 0.0789 e. The van der Waals surface area contributed by atoms with Crippen molar-refractivity contribution in [2.45, 2.75) is 4.90 Å². The van der Waals surface area contributed by atoms with Crippen molar-refractivity contribution >= 4 is 23.7 Å². The second-order valence-corrected chi connectivity index (χ2v) is 4.61. The molecule has 0 atom stereocenters. The SMILES string of the molecule is C1=Cc2ccccc2SN=C1c1ccccc1. The largest absolute Gasteiger partial charge is 0.211 e. The summed E-state index contributed by atoms with van der Waals surface area (Å²) in [6.45, 7) is 0. The maximum absolute atomic E-state index is 4.58. The Morgan fingerprint density at radius 1 is 0.765 bits per heavy atom. The molecule has 1 heterocycles. The Balaban J connectivity index is 2.00. The zero-order valence-corrected chi connectivity index (χ0v) is 10.0. The summed E-state index contributed by atoms with van der Waals surface area (Å²) in [7, 11) is 0. The topological polar surface area (TPSA) is 12.4 Å². The van der Waals surface area contributed by atoms with E-state index in [0.717, 1.165) is 11.3 Å². The van der Waals surface area contributed by atoms with Crippen LogP contribution in [0.2, 0.25) is 0 Å². The van der Waals surface area contributed by atoms with E-state index in [1.165, 1.54) is 22.4 Å². The van der Waals surface area contributed by atoms with Gasteiger partial charge in [-0.2, -0.15) is 0 Å². The number of rotatable bonds is 1. The maximum atomic E-state index is 4.58. The fourth-order valence-corrected chi connectivity index (χ4v) is 2.50. The molecule has 0 unspecified atom stereocenters. The second kappa shape index (κ2) is 4.60. The molecule has 0 aliphatic carbocycles. The monoisotopic (exact) mass is 237 g/mol. The minimum atomic E-state index is 1.02. The quantitative estimate of drug-likeness (QED) is 0.677. The van der Waals surface area contributed by atoms with Gasteiger partial charge in [0.2, 0.25) is 0 Å². The summed E-state index contributed by atoms with van der Waals surface area (Å²) in [4.78, 5) is 1.20. The Morgan fingerprint density at radius 3 is 2.41 bits per heavy atom. The minimum Gasteiger partial charge on any atom is -0.211 e. The van der Waals surface area contributed by atoms with Crippen LogP contribution in [0.15, 0.2) is 70.0 Å². The first kappa shape index (κ1) is 10.4. The van der Waals surface area contributed by atoms with E-state index in [1.54, 1.807) is 0 Å². The van der Waals surface area contributed by atoms with Gasteiger partial charge >= 0.3 is 0 Å². The number of benzene rings is 2. The first-order valence-electron chi connectivity index (χ1n) is 5.51. The van der Waals surface area contributed by atoms with Gasteiger partial charge in [0, 0.05) is 22.4 Å². The Hall–Kier alpha value is -1.80. The van der Waals surface area contributed by atoms with E-state index >= 15 is 0 Å². The average Bonchev–Trinajstić information content (AvgIpc) is 2.62. The summed E-state index contributed by atoms with van der Waals surface area (Å²) >= 11 is 1.54. The average molecular weight is 237 g/mol. The van der Waals surface area contributed by atoms with Gasteiger partial charge in [0.15, 0.2) is 0 Å². The van der Waals surface area contributed by atoms with Gasteiger partial charge in [-0.3, -0.25) is 0 Å². The predicted octanol–water partition coefficient (Wildman–Crippen LogP) is 4.21. The highest BCUT2D eigenvalue weighted by Crippen LogP contribution is 2.28. The molecule has 0 aromatic heterocycles. The molecule has 0 amide bonds. The number of nitrogens with zero attached hydrogens (tertiary/aromatic N) is 1. The number of hydrogen-bond donors (Lipinski definition) is 0. The van der Waals surface area contributed by atoms with Crippen LogP contribution in [0.5, 0.6) is 0 Å². The van der Waals surface area contributed by atoms with Crippen molar-refractivity contribution < 1.29 is 0 Å². The van der Waals surface area contributed by atoms with Crippen molar-refractivity contribution in [2.24, 2.45) is 4.40 Å². The van der Waals surface area contributed by atoms with Gasteiger partial charge in [0.25, 0.3) is 0 Å². The molecule has 0 saturated carbocycles. The van der Waals surface area contributed by atoms with Gasteiger partial charge in [-0.25, -0.2) is 4.40 Å². The fraction of sp³-hybridized carbons (Fsp3) is 0. The van der Waals surface area contributed by atoms with Crippen molar-refractivity contribution in [1.29, 1.82) is 0 Å². The van der Waals surface area contributed by atoms with Crippen LogP contribution in [-0.2, 0) is 0 Å². The number of hydrogen-bond acceptors (Lipinski definition) is 2. The lowest BCUT2D eigenvalue weighted by atomic mass is 10.1. The molecule has 2 heteroatoms. The zero-order valence-electron chi connectivity index (χ0n) is 9.21. The molecule has 2 aromatic carbocycles. The summed E-state index contributed by atoms with van der Waals surface area (Å²) in [5.41, 5.74) is 3.41. The number of fused-ring (bicyclic) bond motifs is 1. The van der Waals surface area contributed by atoms with Gasteiger partial charge in [-0.1, -0.05) is 54.6 Å². The summed E-state index contributed by atoms with van der Waals surface area (Å²) in [6.07, 6.45) is 4.20.